The number of para-hydroxylation sites is 1. The highest BCUT2D eigenvalue weighted by molar-refractivity contribution is 6.01. The van der Waals surface area contributed by atoms with Gasteiger partial charge >= 0.3 is 0 Å². The van der Waals surface area contributed by atoms with Crippen molar-refractivity contribution in [3.8, 4) is 17.2 Å². The molecule has 2 atom stereocenters. The molecule has 11 nitrogen and oxygen atoms in total. The van der Waals surface area contributed by atoms with Crippen molar-refractivity contribution in [2.75, 3.05) is 31.5 Å². The lowest BCUT2D eigenvalue weighted by atomic mass is 10.0. The minimum Gasteiger partial charge on any atom is -0.494 e. The number of nitrogens with one attached hydrogen (secondary N) is 1. The Kier molecular flexibility index (Phi) is 7.68. The molecule has 2 amide bonds. The molecule has 4 aromatic rings. The van der Waals surface area contributed by atoms with Gasteiger partial charge in [0.15, 0.2) is 11.5 Å². The largest absolute Gasteiger partial charge is 0.494 e. The third kappa shape index (κ3) is 5.66. The number of carbonyl (C=O) groups excluding carboxylic acids is 2. The van der Waals surface area contributed by atoms with E-state index in [0.29, 0.717) is 59.3 Å². The topological polar surface area (TPSA) is 117 Å². The van der Waals surface area contributed by atoms with E-state index in [1.54, 1.807) is 42.5 Å². The van der Waals surface area contributed by atoms with Gasteiger partial charge in [0.1, 0.15) is 23.9 Å². The summed E-state index contributed by atoms with van der Waals surface area (Å²) in [6.45, 7) is 3.39. The van der Waals surface area contributed by atoms with Crippen LogP contribution in [-0.2, 0) is 20.9 Å². The number of ether oxygens (including phenoxy) is 4. The molecule has 0 bridgehead atoms. The van der Waals surface area contributed by atoms with Gasteiger partial charge in [0, 0.05) is 24.9 Å². The van der Waals surface area contributed by atoms with Crippen molar-refractivity contribution >= 4 is 28.5 Å². The quantitative estimate of drug-likeness (QED) is 0.314. The molecule has 1 fully saturated rings. The lowest BCUT2D eigenvalue weighted by Crippen LogP contribution is -2.46. The fourth-order valence-corrected chi connectivity index (χ4v) is 5.16. The summed E-state index contributed by atoms with van der Waals surface area (Å²) in [5, 5.41) is 11.4. The maximum atomic E-state index is 14.2. The Morgan fingerprint density at radius 3 is 2.73 bits per heavy atom. The average molecular weight is 558 g/mol. The third-order valence-corrected chi connectivity index (χ3v) is 7.15. The van der Waals surface area contributed by atoms with E-state index in [1.165, 1.54) is 9.58 Å². The molecule has 3 heterocycles. The Balaban J connectivity index is 1.40. The summed E-state index contributed by atoms with van der Waals surface area (Å²) in [5.74, 6) is 1.05. The van der Waals surface area contributed by atoms with E-state index in [4.69, 9.17) is 18.9 Å². The number of nitrogens with zero attached hydrogens (tertiary/aromatic N) is 4. The third-order valence-electron chi connectivity index (χ3n) is 7.15. The second-order valence-corrected chi connectivity index (χ2v) is 9.82. The minimum atomic E-state index is -1.00. The van der Waals surface area contributed by atoms with Crippen LogP contribution in [0.1, 0.15) is 31.4 Å². The summed E-state index contributed by atoms with van der Waals surface area (Å²) in [4.78, 5) is 29.7. The van der Waals surface area contributed by atoms with Gasteiger partial charge in [-0.05, 0) is 61.7 Å². The van der Waals surface area contributed by atoms with Crippen LogP contribution in [0, 0.1) is 0 Å². The van der Waals surface area contributed by atoms with Crippen molar-refractivity contribution in [3.05, 3.63) is 72.3 Å². The zero-order valence-corrected chi connectivity index (χ0v) is 22.7. The van der Waals surface area contributed by atoms with Crippen LogP contribution in [0.25, 0.3) is 11.0 Å². The Labute approximate surface area is 236 Å². The average Bonchev–Trinajstić information content (AvgIpc) is 3.77. The number of aromatic nitrogens is 3. The molecular formula is C30H31N5O6. The van der Waals surface area contributed by atoms with Crippen LogP contribution in [0.5, 0.6) is 17.2 Å². The molecule has 0 radical (unpaired) electrons. The molecule has 1 N–H and O–H groups in total. The highest BCUT2D eigenvalue weighted by atomic mass is 16.7. The van der Waals surface area contributed by atoms with E-state index in [0.717, 1.165) is 12.8 Å². The molecule has 2 aliphatic heterocycles. The van der Waals surface area contributed by atoms with Crippen LogP contribution < -0.4 is 24.4 Å². The standard InChI is InChI=1S/C30H31N5O6/c1-2-38-22-12-9-20(10-13-22)29(30(37)31-17-23-6-5-15-39-23)35(21-11-14-26-27(16-21)41-19-40-26)28(36)18-34-25-8-4-3-7-24(25)32-33-34/h3-4,7-14,16,23,29H,2,5-6,15,17-19H2,1H3,(H,31,37)/t23-,29+/m1/s1. The van der Waals surface area contributed by atoms with Crippen LogP contribution in [0.2, 0.25) is 0 Å². The second kappa shape index (κ2) is 11.8. The van der Waals surface area contributed by atoms with Gasteiger partial charge < -0.3 is 24.3 Å². The predicted molar refractivity (Wildman–Crippen MR) is 150 cm³/mol. The monoisotopic (exact) mass is 557 g/mol. The molecule has 1 saturated heterocycles. The summed E-state index contributed by atoms with van der Waals surface area (Å²) < 4.78 is 24.0. The molecule has 11 heteroatoms. The molecule has 0 aliphatic carbocycles. The minimum absolute atomic E-state index is 0.0591. The van der Waals surface area contributed by atoms with E-state index in [2.05, 4.69) is 15.6 Å². The molecule has 0 spiro atoms. The first-order chi connectivity index (χ1) is 20.1. The summed E-state index contributed by atoms with van der Waals surface area (Å²) >= 11 is 0. The van der Waals surface area contributed by atoms with Gasteiger partial charge in [-0.2, -0.15) is 0 Å². The van der Waals surface area contributed by atoms with Crippen molar-refractivity contribution in [2.45, 2.75) is 38.5 Å². The zero-order valence-electron chi connectivity index (χ0n) is 22.7. The van der Waals surface area contributed by atoms with E-state index < -0.39 is 6.04 Å². The lowest BCUT2D eigenvalue weighted by Gasteiger charge is -2.32. The SMILES string of the molecule is CCOc1ccc([C@@H](C(=O)NC[C@H]2CCCO2)N(C(=O)Cn2nnc3ccccc32)c2ccc3c(c2)OCO3)cc1. The van der Waals surface area contributed by atoms with E-state index >= 15 is 0 Å². The lowest BCUT2D eigenvalue weighted by molar-refractivity contribution is -0.127. The molecule has 41 heavy (non-hydrogen) atoms. The number of hydrogen-bond acceptors (Lipinski definition) is 8. The van der Waals surface area contributed by atoms with Gasteiger partial charge in [-0.3, -0.25) is 14.5 Å². The Morgan fingerprint density at radius 2 is 1.93 bits per heavy atom. The summed E-state index contributed by atoms with van der Waals surface area (Å²) in [6.07, 6.45) is 1.77. The molecule has 0 saturated carbocycles. The number of benzene rings is 3. The van der Waals surface area contributed by atoms with Gasteiger partial charge in [0.25, 0.3) is 0 Å². The van der Waals surface area contributed by atoms with E-state index in [-0.39, 0.29) is 31.3 Å². The molecule has 1 aromatic heterocycles. The fraction of sp³-hybridized carbons (Fsp3) is 0.333. The smallest absolute Gasteiger partial charge is 0.249 e. The first-order valence-corrected chi connectivity index (χ1v) is 13.7. The van der Waals surface area contributed by atoms with E-state index in [1.807, 2.05) is 31.2 Å². The molecule has 6 rings (SSSR count). The summed E-state index contributed by atoms with van der Waals surface area (Å²) in [7, 11) is 0. The maximum absolute atomic E-state index is 14.2. The van der Waals surface area contributed by atoms with Crippen molar-refractivity contribution in [3.63, 3.8) is 0 Å². The number of anilines is 1. The maximum Gasteiger partial charge on any atom is 0.249 e. The van der Waals surface area contributed by atoms with Crippen LogP contribution >= 0.6 is 0 Å². The van der Waals surface area contributed by atoms with Crippen molar-refractivity contribution in [1.82, 2.24) is 20.3 Å². The molecular weight excluding hydrogens is 526 g/mol. The highest BCUT2D eigenvalue weighted by Gasteiger charge is 2.35. The van der Waals surface area contributed by atoms with Crippen molar-refractivity contribution in [2.24, 2.45) is 0 Å². The molecule has 3 aromatic carbocycles. The predicted octanol–water partition coefficient (Wildman–Crippen LogP) is 3.63. The number of carbonyl (C=O) groups is 2. The van der Waals surface area contributed by atoms with Gasteiger partial charge in [0.2, 0.25) is 18.6 Å². The normalized spacial score (nSPS) is 16.5. The molecule has 0 unspecified atom stereocenters. The Morgan fingerprint density at radius 1 is 1.10 bits per heavy atom. The molecule has 2 aliphatic rings. The van der Waals surface area contributed by atoms with Crippen LogP contribution in [0.3, 0.4) is 0 Å². The number of rotatable bonds is 10. The summed E-state index contributed by atoms with van der Waals surface area (Å²) in [6, 6.07) is 18.8. The first kappa shape index (κ1) is 26.6. The Hall–Kier alpha value is -4.64. The van der Waals surface area contributed by atoms with Gasteiger partial charge in [0.05, 0.1) is 18.2 Å². The van der Waals surface area contributed by atoms with Gasteiger partial charge in [-0.1, -0.05) is 29.5 Å². The zero-order chi connectivity index (χ0) is 28.2. The number of hydrogen-bond donors (Lipinski definition) is 1. The second-order valence-electron chi connectivity index (χ2n) is 9.82. The van der Waals surface area contributed by atoms with Gasteiger partial charge in [-0.15, -0.1) is 5.10 Å². The van der Waals surface area contributed by atoms with E-state index in [9.17, 15) is 9.59 Å². The number of fused-ring (bicyclic) bond motifs is 2. The fourth-order valence-electron chi connectivity index (χ4n) is 5.16. The van der Waals surface area contributed by atoms with Crippen molar-refractivity contribution in [1.29, 1.82) is 0 Å². The number of amides is 2. The highest BCUT2D eigenvalue weighted by Crippen LogP contribution is 2.38. The van der Waals surface area contributed by atoms with Crippen LogP contribution in [-0.4, -0.2) is 59.5 Å². The van der Waals surface area contributed by atoms with Crippen LogP contribution in [0.15, 0.2) is 66.7 Å². The molecule has 212 valence electrons. The van der Waals surface area contributed by atoms with Gasteiger partial charge in [-0.25, -0.2) is 4.68 Å². The van der Waals surface area contributed by atoms with Crippen molar-refractivity contribution < 1.29 is 28.5 Å². The van der Waals surface area contributed by atoms with Crippen LogP contribution in [0.4, 0.5) is 5.69 Å². The summed E-state index contributed by atoms with van der Waals surface area (Å²) in [5.41, 5.74) is 2.49. The Bertz CT molecular complexity index is 1530. The first-order valence-electron chi connectivity index (χ1n) is 13.7.